The summed E-state index contributed by atoms with van der Waals surface area (Å²) in [5, 5.41) is 3.91. The van der Waals surface area contributed by atoms with Gasteiger partial charge in [0.2, 0.25) is 0 Å². The Balaban J connectivity index is 1.85. The zero-order valence-corrected chi connectivity index (χ0v) is 12.4. The molecule has 0 radical (unpaired) electrons. The second-order valence-corrected chi connectivity index (χ2v) is 5.48. The molecule has 0 atom stereocenters. The van der Waals surface area contributed by atoms with Crippen LogP contribution >= 0.6 is 15.9 Å². The van der Waals surface area contributed by atoms with Crippen LogP contribution in [0.15, 0.2) is 34.9 Å². The van der Waals surface area contributed by atoms with Gasteiger partial charge in [0, 0.05) is 29.1 Å². The Morgan fingerprint density at radius 1 is 1.35 bits per heavy atom. The number of hydrogen-bond acceptors (Lipinski definition) is 3. The van der Waals surface area contributed by atoms with Crippen molar-refractivity contribution >= 4 is 38.6 Å². The number of rotatable bonds is 1. The molecule has 2 aromatic rings. The average molecular weight is 336 g/mol. The monoisotopic (exact) mass is 335 g/mol. The number of hydrogen-bond donors (Lipinski definition) is 1. The van der Waals surface area contributed by atoms with Gasteiger partial charge in [0.05, 0.1) is 24.4 Å². The molecule has 0 bridgehead atoms. The fraction of sp³-hybridized carbons (Fsp3) is 0.286. The molecule has 1 saturated heterocycles. The first-order valence-electron chi connectivity index (χ1n) is 6.42. The number of aromatic nitrogens is 1. The SMILES string of the molecule is O=C(Nc1cccc2cc(Br)cnc12)N1CCOCC1. The predicted octanol–water partition coefficient (Wildman–Crippen LogP) is 2.86. The fourth-order valence-corrected chi connectivity index (χ4v) is 2.54. The van der Waals surface area contributed by atoms with Crippen LogP contribution in [0.5, 0.6) is 0 Å². The van der Waals surface area contributed by atoms with Crippen LogP contribution in [0.1, 0.15) is 0 Å². The number of halogens is 1. The molecular weight excluding hydrogens is 322 g/mol. The van der Waals surface area contributed by atoms with E-state index in [-0.39, 0.29) is 6.03 Å². The van der Waals surface area contributed by atoms with E-state index in [0.29, 0.717) is 26.3 Å². The van der Waals surface area contributed by atoms with Crippen molar-refractivity contribution in [2.45, 2.75) is 0 Å². The first-order chi connectivity index (χ1) is 9.74. The van der Waals surface area contributed by atoms with Gasteiger partial charge in [0.25, 0.3) is 0 Å². The molecule has 1 N–H and O–H groups in total. The summed E-state index contributed by atoms with van der Waals surface area (Å²) in [5.74, 6) is 0. The largest absolute Gasteiger partial charge is 0.378 e. The number of nitrogens with zero attached hydrogens (tertiary/aromatic N) is 2. The van der Waals surface area contributed by atoms with E-state index in [1.807, 2.05) is 24.3 Å². The topological polar surface area (TPSA) is 54.5 Å². The Morgan fingerprint density at radius 3 is 2.95 bits per heavy atom. The van der Waals surface area contributed by atoms with E-state index in [2.05, 4.69) is 26.2 Å². The van der Waals surface area contributed by atoms with Gasteiger partial charge < -0.3 is 15.0 Å². The Kier molecular flexibility index (Phi) is 3.84. The van der Waals surface area contributed by atoms with Crippen LogP contribution in [0.25, 0.3) is 10.9 Å². The van der Waals surface area contributed by atoms with E-state index in [4.69, 9.17) is 4.74 Å². The molecule has 2 amide bonds. The second-order valence-electron chi connectivity index (χ2n) is 4.56. The summed E-state index contributed by atoms with van der Waals surface area (Å²) >= 11 is 3.40. The molecular formula is C14H14BrN3O2. The van der Waals surface area contributed by atoms with Crippen LogP contribution in [0.2, 0.25) is 0 Å². The van der Waals surface area contributed by atoms with Crippen molar-refractivity contribution in [1.82, 2.24) is 9.88 Å². The third kappa shape index (κ3) is 2.76. The van der Waals surface area contributed by atoms with Crippen LogP contribution in [0.3, 0.4) is 0 Å². The summed E-state index contributed by atoms with van der Waals surface area (Å²) in [6, 6.07) is 7.61. The zero-order valence-electron chi connectivity index (χ0n) is 10.8. The van der Waals surface area contributed by atoms with Crippen molar-refractivity contribution in [2.24, 2.45) is 0 Å². The van der Waals surface area contributed by atoms with E-state index in [9.17, 15) is 4.79 Å². The summed E-state index contributed by atoms with van der Waals surface area (Å²) in [6.45, 7) is 2.42. The highest BCUT2D eigenvalue weighted by molar-refractivity contribution is 9.10. The van der Waals surface area contributed by atoms with Gasteiger partial charge in [-0.25, -0.2) is 4.79 Å². The minimum Gasteiger partial charge on any atom is -0.378 e. The Bertz CT molecular complexity index is 641. The lowest BCUT2D eigenvalue weighted by Crippen LogP contribution is -2.43. The number of anilines is 1. The van der Waals surface area contributed by atoms with Crippen LogP contribution in [0.4, 0.5) is 10.5 Å². The summed E-state index contributed by atoms with van der Waals surface area (Å²) in [5.41, 5.74) is 1.52. The normalized spacial score (nSPS) is 15.3. The maximum absolute atomic E-state index is 12.2. The number of benzene rings is 1. The molecule has 104 valence electrons. The number of carbonyl (C=O) groups is 1. The maximum Gasteiger partial charge on any atom is 0.322 e. The molecule has 0 aliphatic carbocycles. The number of fused-ring (bicyclic) bond motifs is 1. The third-order valence-corrected chi connectivity index (χ3v) is 3.65. The lowest BCUT2D eigenvalue weighted by Gasteiger charge is -2.27. The number of carbonyl (C=O) groups excluding carboxylic acids is 1. The van der Waals surface area contributed by atoms with Crippen molar-refractivity contribution in [2.75, 3.05) is 31.6 Å². The molecule has 0 unspecified atom stereocenters. The van der Waals surface area contributed by atoms with E-state index >= 15 is 0 Å². The maximum atomic E-state index is 12.2. The Labute approximate surface area is 125 Å². The standard InChI is InChI=1S/C14H14BrN3O2/c15-11-8-10-2-1-3-12(13(10)16-9-11)17-14(19)18-4-6-20-7-5-18/h1-3,8-9H,4-7H2,(H,17,19). The first kappa shape index (κ1) is 13.3. The van der Waals surface area contributed by atoms with Crippen LogP contribution < -0.4 is 5.32 Å². The third-order valence-electron chi connectivity index (χ3n) is 3.22. The van der Waals surface area contributed by atoms with Gasteiger partial charge >= 0.3 is 6.03 Å². The number of urea groups is 1. The highest BCUT2D eigenvalue weighted by Crippen LogP contribution is 2.24. The number of para-hydroxylation sites is 1. The molecule has 0 spiro atoms. The molecule has 1 aromatic heterocycles. The highest BCUT2D eigenvalue weighted by atomic mass is 79.9. The Morgan fingerprint density at radius 2 is 2.15 bits per heavy atom. The molecule has 6 heteroatoms. The second kappa shape index (κ2) is 5.76. The minimum atomic E-state index is -0.106. The van der Waals surface area contributed by atoms with Gasteiger partial charge in [0.1, 0.15) is 0 Å². The van der Waals surface area contributed by atoms with Crippen LogP contribution in [-0.2, 0) is 4.74 Å². The van der Waals surface area contributed by atoms with Crippen molar-refractivity contribution < 1.29 is 9.53 Å². The molecule has 1 fully saturated rings. The number of morpholine rings is 1. The van der Waals surface area contributed by atoms with Crippen molar-refractivity contribution in [3.63, 3.8) is 0 Å². The Hall–Kier alpha value is -1.66. The molecule has 5 nitrogen and oxygen atoms in total. The fourth-order valence-electron chi connectivity index (χ4n) is 2.20. The highest BCUT2D eigenvalue weighted by Gasteiger charge is 2.17. The first-order valence-corrected chi connectivity index (χ1v) is 7.21. The van der Waals surface area contributed by atoms with Gasteiger partial charge in [-0.2, -0.15) is 0 Å². The number of pyridine rings is 1. The molecule has 20 heavy (non-hydrogen) atoms. The van der Waals surface area contributed by atoms with E-state index < -0.39 is 0 Å². The molecule has 1 aliphatic rings. The molecule has 2 heterocycles. The predicted molar refractivity (Wildman–Crippen MR) is 80.9 cm³/mol. The lowest BCUT2D eigenvalue weighted by atomic mass is 10.2. The number of amides is 2. The smallest absolute Gasteiger partial charge is 0.322 e. The average Bonchev–Trinajstić information content (AvgIpc) is 2.48. The van der Waals surface area contributed by atoms with E-state index in [0.717, 1.165) is 21.1 Å². The molecule has 0 saturated carbocycles. The molecule has 3 rings (SSSR count). The van der Waals surface area contributed by atoms with Crippen molar-refractivity contribution in [3.05, 3.63) is 34.9 Å². The zero-order chi connectivity index (χ0) is 13.9. The van der Waals surface area contributed by atoms with Gasteiger partial charge in [-0.15, -0.1) is 0 Å². The lowest BCUT2D eigenvalue weighted by molar-refractivity contribution is 0.0565. The number of nitrogens with one attached hydrogen (secondary N) is 1. The summed E-state index contributed by atoms with van der Waals surface area (Å²) in [6.07, 6.45) is 1.73. The van der Waals surface area contributed by atoms with Crippen LogP contribution in [-0.4, -0.2) is 42.2 Å². The van der Waals surface area contributed by atoms with Crippen molar-refractivity contribution in [1.29, 1.82) is 0 Å². The van der Waals surface area contributed by atoms with Crippen LogP contribution in [0, 0.1) is 0 Å². The molecule has 1 aliphatic heterocycles. The van der Waals surface area contributed by atoms with E-state index in [1.165, 1.54) is 0 Å². The van der Waals surface area contributed by atoms with Gasteiger partial charge in [0.15, 0.2) is 0 Å². The minimum absolute atomic E-state index is 0.106. The number of ether oxygens (including phenoxy) is 1. The summed E-state index contributed by atoms with van der Waals surface area (Å²) < 4.78 is 6.16. The van der Waals surface area contributed by atoms with Gasteiger partial charge in [-0.3, -0.25) is 4.98 Å². The van der Waals surface area contributed by atoms with Gasteiger partial charge in [-0.05, 0) is 28.1 Å². The molecule has 1 aromatic carbocycles. The quantitative estimate of drug-likeness (QED) is 0.871. The summed E-state index contributed by atoms with van der Waals surface area (Å²) in [7, 11) is 0. The summed E-state index contributed by atoms with van der Waals surface area (Å²) in [4.78, 5) is 18.3. The van der Waals surface area contributed by atoms with Gasteiger partial charge in [-0.1, -0.05) is 12.1 Å². The van der Waals surface area contributed by atoms with E-state index in [1.54, 1.807) is 11.1 Å². The van der Waals surface area contributed by atoms with Crippen molar-refractivity contribution in [3.8, 4) is 0 Å².